The number of anilines is 1. The fourth-order valence-corrected chi connectivity index (χ4v) is 4.18. The molecule has 2 aliphatic heterocycles. The van der Waals surface area contributed by atoms with E-state index in [1.165, 1.54) is 6.92 Å². The molecule has 3 unspecified atom stereocenters. The number of esters is 1. The Kier molecular flexibility index (Phi) is 6.09. The van der Waals surface area contributed by atoms with Crippen molar-refractivity contribution in [2.24, 2.45) is 0 Å². The first-order valence-corrected chi connectivity index (χ1v) is 10.6. The summed E-state index contributed by atoms with van der Waals surface area (Å²) in [5, 5.41) is 0.651. The number of carbonyl (C=O) groups is 3. The predicted molar refractivity (Wildman–Crippen MR) is 117 cm³/mol. The number of nitrogens with zero attached hydrogens (tertiary/aromatic N) is 1. The largest absolute Gasteiger partial charge is 0.453 e. The van der Waals surface area contributed by atoms with E-state index in [1.807, 2.05) is 12.1 Å². The number of hydrogen-bond acceptors (Lipinski definition) is 6. The summed E-state index contributed by atoms with van der Waals surface area (Å²) < 4.78 is 5.46. The molecule has 2 N–H and O–H groups in total. The van der Waals surface area contributed by atoms with E-state index in [0.29, 0.717) is 30.0 Å². The van der Waals surface area contributed by atoms with E-state index >= 15 is 0 Å². The summed E-state index contributed by atoms with van der Waals surface area (Å²) in [5.74, 6) is -0.763. The molecule has 2 aromatic rings. The molecule has 1 saturated heterocycles. The lowest BCUT2D eigenvalue weighted by Crippen LogP contribution is -2.39. The molecular weight excluding hydrogens is 418 g/mol. The molecule has 2 aromatic carbocycles. The molecule has 162 valence electrons. The highest BCUT2D eigenvalue weighted by Gasteiger charge is 2.33. The van der Waals surface area contributed by atoms with Crippen LogP contribution in [-0.2, 0) is 20.7 Å². The number of ketones is 1. The van der Waals surface area contributed by atoms with Crippen molar-refractivity contribution in [1.29, 1.82) is 0 Å². The lowest BCUT2D eigenvalue weighted by atomic mass is 10.0. The Morgan fingerprint density at radius 2 is 1.87 bits per heavy atom. The first-order chi connectivity index (χ1) is 14.8. The topological polar surface area (TPSA) is 87.7 Å². The Morgan fingerprint density at radius 1 is 1.13 bits per heavy atom. The number of amides is 1. The fourth-order valence-electron chi connectivity index (χ4n) is 4.05. The van der Waals surface area contributed by atoms with E-state index in [9.17, 15) is 14.4 Å². The minimum absolute atomic E-state index is 0.0188. The maximum atomic E-state index is 12.8. The summed E-state index contributed by atoms with van der Waals surface area (Å²) in [4.78, 5) is 38.8. The van der Waals surface area contributed by atoms with Crippen molar-refractivity contribution >= 4 is 34.9 Å². The van der Waals surface area contributed by atoms with Gasteiger partial charge in [0.15, 0.2) is 6.10 Å². The Labute approximate surface area is 185 Å². The van der Waals surface area contributed by atoms with E-state index < -0.39 is 18.1 Å². The van der Waals surface area contributed by atoms with Gasteiger partial charge in [-0.05, 0) is 61.2 Å². The molecule has 2 aliphatic rings. The van der Waals surface area contributed by atoms with Crippen molar-refractivity contribution in [1.82, 2.24) is 10.9 Å². The van der Waals surface area contributed by atoms with Crippen LogP contribution in [0.3, 0.4) is 0 Å². The normalized spacial score (nSPS) is 20.9. The molecule has 3 atom stereocenters. The van der Waals surface area contributed by atoms with Crippen LogP contribution in [0.2, 0.25) is 5.02 Å². The second-order valence-electron chi connectivity index (χ2n) is 7.89. The van der Waals surface area contributed by atoms with Crippen molar-refractivity contribution in [2.45, 2.75) is 44.9 Å². The number of carbonyl (C=O) groups excluding carboxylic acids is 3. The van der Waals surface area contributed by atoms with E-state index in [4.69, 9.17) is 16.3 Å². The van der Waals surface area contributed by atoms with Gasteiger partial charge in [-0.25, -0.2) is 10.9 Å². The molecule has 0 spiro atoms. The molecular formula is C23H24ClN3O4. The van der Waals surface area contributed by atoms with Crippen molar-refractivity contribution < 1.29 is 19.1 Å². The summed E-state index contributed by atoms with van der Waals surface area (Å²) in [7, 11) is 0. The summed E-state index contributed by atoms with van der Waals surface area (Å²) in [6, 6.07) is 12.1. The Balaban J connectivity index is 1.36. The highest BCUT2D eigenvalue weighted by molar-refractivity contribution is 6.30. The van der Waals surface area contributed by atoms with Gasteiger partial charge >= 0.3 is 5.97 Å². The lowest BCUT2D eigenvalue weighted by molar-refractivity contribution is -0.148. The third kappa shape index (κ3) is 4.49. The van der Waals surface area contributed by atoms with E-state index in [2.05, 4.69) is 10.9 Å². The minimum atomic E-state index is -0.910. The Morgan fingerprint density at radius 3 is 2.58 bits per heavy atom. The average molecular weight is 442 g/mol. The van der Waals surface area contributed by atoms with Gasteiger partial charge in [-0.3, -0.25) is 14.4 Å². The number of fused-ring (bicyclic) bond motifs is 1. The highest BCUT2D eigenvalue weighted by atomic mass is 35.5. The van der Waals surface area contributed by atoms with Crippen LogP contribution in [0.5, 0.6) is 0 Å². The Bertz CT molecular complexity index is 1020. The smallest absolute Gasteiger partial charge is 0.325 e. The molecule has 1 amide bonds. The summed E-state index contributed by atoms with van der Waals surface area (Å²) in [5.41, 5.74) is 9.30. The third-order valence-electron chi connectivity index (χ3n) is 5.76. The molecule has 8 heteroatoms. The van der Waals surface area contributed by atoms with E-state index in [0.717, 1.165) is 16.8 Å². The molecule has 0 bridgehead atoms. The molecule has 31 heavy (non-hydrogen) atoms. The van der Waals surface area contributed by atoms with E-state index in [1.54, 1.807) is 42.2 Å². The van der Waals surface area contributed by atoms with Gasteiger partial charge in [-0.2, -0.15) is 0 Å². The Hall–Kier alpha value is -2.74. The standard InChI is InChI=1S/C23H24ClN3O4/c1-13(22(29)17-5-8-21-16(11-17)9-10-27(21)14(2)28)31-23(30)20-12-19(25-26-20)15-3-6-18(24)7-4-15/h3-8,11,13,19-20,25-26H,9-10,12H2,1-2H3. The third-order valence-corrected chi connectivity index (χ3v) is 6.01. The zero-order valence-electron chi connectivity index (χ0n) is 17.4. The number of benzene rings is 2. The summed E-state index contributed by atoms with van der Waals surface area (Å²) in [6.45, 7) is 3.72. The SMILES string of the molecule is CC(=O)N1CCc2cc(C(=O)C(C)OC(=O)C3CC(c4ccc(Cl)cc4)NN3)ccc21. The molecule has 0 aliphatic carbocycles. The van der Waals surface area contributed by atoms with Gasteiger partial charge in [-0.15, -0.1) is 0 Å². The maximum absolute atomic E-state index is 12.8. The number of hydrogen-bond donors (Lipinski definition) is 2. The van der Waals surface area contributed by atoms with Crippen LogP contribution in [0, 0.1) is 0 Å². The average Bonchev–Trinajstić information content (AvgIpc) is 3.40. The molecule has 0 radical (unpaired) electrons. The zero-order valence-corrected chi connectivity index (χ0v) is 18.1. The number of Topliss-reactive ketones (excluding diaryl/α,β-unsaturated/α-hetero) is 1. The summed E-state index contributed by atoms with van der Waals surface area (Å²) in [6.07, 6.45) is 0.293. The van der Waals surface area contributed by atoms with Gasteiger partial charge in [0.2, 0.25) is 11.7 Å². The fraction of sp³-hybridized carbons (Fsp3) is 0.348. The molecule has 2 heterocycles. The number of hydrazine groups is 1. The van der Waals surface area contributed by atoms with Crippen LogP contribution < -0.4 is 15.8 Å². The second kappa shape index (κ2) is 8.78. The van der Waals surface area contributed by atoms with Crippen molar-refractivity contribution in [3.8, 4) is 0 Å². The molecule has 0 aromatic heterocycles. The van der Waals surface area contributed by atoms with Crippen molar-refractivity contribution in [3.05, 3.63) is 64.2 Å². The minimum Gasteiger partial charge on any atom is -0.453 e. The monoisotopic (exact) mass is 441 g/mol. The zero-order chi connectivity index (χ0) is 22.1. The molecule has 4 rings (SSSR count). The van der Waals surface area contributed by atoms with Crippen LogP contribution in [0.25, 0.3) is 0 Å². The summed E-state index contributed by atoms with van der Waals surface area (Å²) >= 11 is 5.93. The molecule has 7 nitrogen and oxygen atoms in total. The number of nitrogens with one attached hydrogen (secondary N) is 2. The number of halogens is 1. The first kappa shape index (κ1) is 21.5. The van der Waals surface area contributed by atoms with Gasteiger partial charge < -0.3 is 9.64 Å². The number of rotatable bonds is 5. The maximum Gasteiger partial charge on any atom is 0.325 e. The highest BCUT2D eigenvalue weighted by Crippen LogP contribution is 2.29. The molecule has 1 fully saturated rings. The van der Waals surface area contributed by atoms with Gasteiger partial charge in [-0.1, -0.05) is 23.7 Å². The van der Waals surface area contributed by atoms with Crippen LogP contribution in [0.15, 0.2) is 42.5 Å². The van der Waals surface area contributed by atoms with Gasteiger partial charge in [0.25, 0.3) is 0 Å². The second-order valence-corrected chi connectivity index (χ2v) is 8.33. The van der Waals surface area contributed by atoms with Crippen LogP contribution in [0.4, 0.5) is 5.69 Å². The number of ether oxygens (including phenoxy) is 1. The van der Waals surface area contributed by atoms with Gasteiger partial charge in [0.1, 0.15) is 6.04 Å². The van der Waals surface area contributed by atoms with Gasteiger partial charge in [0, 0.05) is 35.8 Å². The first-order valence-electron chi connectivity index (χ1n) is 10.3. The van der Waals surface area contributed by atoms with Crippen molar-refractivity contribution in [3.63, 3.8) is 0 Å². The van der Waals surface area contributed by atoms with Crippen LogP contribution >= 0.6 is 11.6 Å². The molecule has 0 saturated carbocycles. The van der Waals surface area contributed by atoms with Crippen molar-refractivity contribution in [2.75, 3.05) is 11.4 Å². The predicted octanol–water partition coefficient (Wildman–Crippen LogP) is 2.97. The van der Waals surface area contributed by atoms with Crippen LogP contribution in [0.1, 0.15) is 47.8 Å². The quantitative estimate of drug-likeness (QED) is 0.548. The van der Waals surface area contributed by atoms with E-state index in [-0.39, 0.29) is 17.7 Å². The lowest BCUT2D eigenvalue weighted by Gasteiger charge is -2.17. The van der Waals surface area contributed by atoms with Gasteiger partial charge in [0.05, 0.1) is 0 Å². The van der Waals surface area contributed by atoms with Crippen LogP contribution in [-0.4, -0.2) is 36.4 Å².